The summed E-state index contributed by atoms with van der Waals surface area (Å²) in [7, 11) is 0. The third kappa shape index (κ3) is 2.57. The molecule has 3 rings (SSSR count). The van der Waals surface area contributed by atoms with E-state index in [-0.39, 0.29) is 5.02 Å². The molecule has 104 valence electrons. The van der Waals surface area contributed by atoms with Crippen LogP contribution in [-0.4, -0.2) is 0 Å². The van der Waals surface area contributed by atoms with Crippen molar-refractivity contribution in [2.24, 2.45) is 0 Å². The molecule has 2 aromatic rings. The zero-order chi connectivity index (χ0) is 14.1. The van der Waals surface area contributed by atoms with Gasteiger partial charge < -0.3 is 0 Å². The Kier molecular flexibility index (Phi) is 4.00. The predicted molar refractivity (Wildman–Crippen MR) is 82.2 cm³/mol. The van der Waals surface area contributed by atoms with E-state index in [0.29, 0.717) is 5.56 Å². The van der Waals surface area contributed by atoms with E-state index in [1.54, 1.807) is 12.1 Å². The van der Waals surface area contributed by atoms with Crippen molar-refractivity contribution >= 4 is 23.2 Å². The van der Waals surface area contributed by atoms with E-state index in [1.807, 2.05) is 6.07 Å². The largest absolute Gasteiger partial charge is 0.205 e. The average molecular weight is 309 g/mol. The summed E-state index contributed by atoms with van der Waals surface area (Å²) in [6.45, 7) is 0. The van der Waals surface area contributed by atoms with Crippen LogP contribution in [0.25, 0.3) is 0 Å². The molecule has 1 unspecified atom stereocenters. The lowest BCUT2D eigenvalue weighted by atomic mass is 9.89. The van der Waals surface area contributed by atoms with Crippen molar-refractivity contribution in [3.8, 4) is 0 Å². The smallest absolute Gasteiger partial charge is 0.142 e. The molecular formula is C17H15Cl2F. The van der Waals surface area contributed by atoms with E-state index in [4.69, 9.17) is 23.2 Å². The molecule has 1 aliphatic carbocycles. The monoisotopic (exact) mass is 308 g/mol. The molecule has 0 aliphatic heterocycles. The number of alkyl halides is 1. The van der Waals surface area contributed by atoms with Gasteiger partial charge in [0.2, 0.25) is 0 Å². The van der Waals surface area contributed by atoms with Gasteiger partial charge in [-0.2, -0.15) is 0 Å². The molecule has 3 heteroatoms. The Bertz CT molecular complexity index is 637. The minimum atomic E-state index is -0.423. The van der Waals surface area contributed by atoms with Gasteiger partial charge in [-0.15, -0.1) is 11.6 Å². The van der Waals surface area contributed by atoms with Crippen LogP contribution in [0.3, 0.4) is 0 Å². The summed E-state index contributed by atoms with van der Waals surface area (Å²) in [5.74, 6) is -0.423. The number of hydrogen-bond donors (Lipinski definition) is 0. The predicted octanol–water partition coefficient (Wildman–Crippen LogP) is 5.69. The van der Waals surface area contributed by atoms with Gasteiger partial charge in [0.1, 0.15) is 5.82 Å². The van der Waals surface area contributed by atoms with Crippen LogP contribution in [0.4, 0.5) is 4.39 Å². The molecule has 0 N–H and O–H groups in total. The topological polar surface area (TPSA) is 0 Å². The van der Waals surface area contributed by atoms with Gasteiger partial charge in [-0.25, -0.2) is 4.39 Å². The number of rotatable bonds is 2. The summed E-state index contributed by atoms with van der Waals surface area (Å²) < 4.78 is 13.5. The highest BCUT2D eigenvalue weighted by atomic mass is 35.5. The Morgan fingerprint density at radius 1 is 1.00 bits per heavy atom. The second-order valence-electron chi connectivity index (χ2n) is 5.24. The summed E-state index contributed by atoms with van der Waals surface area (Å²) in [6.07, 6.45) is 4.73. The minimum absolute atomic E-state index is 0.116. The fourth-order valence-corrected chi connectivity index (χ4v) is 3.42. The van der Waals surface area contributed by atoms with Gasteiger partial charge in [0, 0.05) is 0 Å². The fourth-order valence-electron chi connectivity index (χ4n) is 2.81. The third-order valence-electron chi connectivity index (χ3n) is 3.92. The second kappa shape index (κ2) is 5.75. The summed E-state index contributed by atoms with van der Waals surface area (Å²) in [4.78, 5) is 0. The van der Waals surface area contributed by atoms with Gasteiger partial charge in [0.05, 0.1) is 10.4 Å². The molecule has 0 aromatic heterocycles. The highest BCUT2D eigenvalue weighted by Crippen LogP contribution is 2.36. The van der Waals surface area contributed by atoms with E-state index >= 15 is 0 Å². The van der Waals surface area contributed by atoms with Gasteiger partial charge >= 0.3 is 0 Å². The molecule has 2 aromatic carbocycles. The standard InChI is InChI=1S/C17H15Cl2F/c18-16(14-6-3-7-15(20)17(14)19)13-9-8-11-4-1-2-5-12(11)10-13/h3,6-10,16H,1-2,4-5H2. The van der Waals surface area contributed by atoms with Crippen LogP contribution in [0.1, 0.15) is 40.5 Å². The molecule has 0 amide bonds. The molecule has 0 bridgehead atoms. The van der Waals surface area contributed by atoms with Crippen LogP contribution in [0.5, 0.6) is 0 Å². The van der Waals surface area contributed by atoms with Crippen molar-refractivity contribution in [3.05, 3.63) is 69.5 Å². The van der Waals surface area contributed by atoms with E-state index in [2.05, 4.69) is 12.1 Å². The SMILES string of the molecule is Fc1cccc(C(Cl)c2ccc3c(c2)CCCC3)c1Cl. The van der Waals surface area contributed by atoms with Crippen molar-refractivity contribution in [3.63, 3.8) is 0 Å². The Morgan fingerprint density at radius 3 is 2.55 bits per heavy atom. The number of aryl methyl sites for hydroxylation is 2. The molecular weight excluding hydrogens is 294 g/mol. The fraction of sp³-hybridized carbons (Fsp3) is 0.294. The number of benzene rings is 2. The summed E-state index contributed by atoms with van der Waals surface area (Å²) in [5.41, 5.74) is 4.39. The first-order chi connectivity index (χ1) is 9.66. The van der Waals surface area contributed by atoms with Crippen LogP contribution in [0.15, 0.2) is 36.4 Å². The quantitative estimate of drug-likeness (QED) is 0.625. The lowest BCUT2D eigenvalue weighted by Gasteiger charge is -2.19. The normalized spacial score (nSPS) is 15.8. The molecule has 0 fully saturated rings. The molecule has 20 heavy (non-hydrogen) atoms. The van der Waals surface area contributed by atoms with Gasteiger partial charge in [-0.1, -0.05) is 41.9 Å². The Balaban J connectivity index is 1.98. The molecule has 0 saturated carbocycles. The second-order valence-corrected chi connectivity index (χ2v) is 6.06. The first-order valence-corrected chi connectivity index (χ1v) is 7.68. The molecule has 0 spiro atoms. The van der Waals surface area contributed by atoms with Gasteiger partial charge in [0.15, 0.2) is 0 Å². The van der Waals surface area contributed by atoms with Crippen molar-refractivity contribution < 1.29 is 4.39 Å². The van der Waals surface area contributed by atoms with Gasteiger partial charge in [-0.05, 0) is 54.0 Å². The van der Waals surface area contributed by atoms with Gasteiger partial charge in [-0.3, -0.25) is 0 Å². The maximum atomic E-state index is 13.5. The Hall–Kier alpha value is -1.05. The van der Waals surface area contributed by atoms with E-state index in [0.717, 1.165) is 18.4 Å². The summed E-state index contributed by atoms with van der Waals surface area (Å²) >= 11 is 12.5. The molecule has 1 aliphatic rings. The maximum Gasteiger partial charge on any atom is 0.142 e. The Labute approximate surface area is 128 Å². The molecule has 0 saturated heterocycles. The zero-order valence-corrected chi connectivity index (χ0v) is 12.5. The van der Waals surface area contributed by atoms with E-state index < -0.39 is 11.2 Å². The van der Waals surface area contributed by atoms with E-state index in [9.17, 15) is 4.39 Å². The highest BCUT2D eigenvalue weighted by molar-refractivity contribution is 6.33. The lowest BCUT2D eigenvalue weighted by molar-refractivity contribution is 0.626. The first kappa shape index (κ1) is 13.9. The van der Waals surface area contributed by atoms with Crippen molar-refractivity contribution in [1.82, 2.24) is 0 Å². The zero-order valence-electron chi connectivity index (χ0n) is 11.0. The lowest BCUT2D eigenvalue weighted by Crippen LogP contribution is -2.04. The summed E-state index contributed by atoms with van der Waals surface area (Å²) in [6, 6.07) is 11.1. The van der Waals surface area contributed by atoms with Crippen molar-refractivity contribution in [1.29, 1.82) is 0 Å². The van der Waals surface area contributed by atoms with Crippen molar-refractivity contribution in [2.75, 3.05) is 0 Å². The van der Waals surface area contributed by atoms with Gasteiger partial charge in [0.25, 0.3) is 0 Å². The third-order valence-corrected chi connectivity index (χ3v) is 4.81. The minimum Gasteiger partial charge on any atom is -0.205 e. The summed E-state index contributed by atoms with van der Waals surface area (Å²) in [5, 5.41) is -0.296. The first-order valence-electron chi connectivity index (χ1n) is 6.86. The average Bonchev–Trinajstić information content (AvgIpc) is 2.49. The molecule has 0 radical (unpaired) electrons. The van der Waals surface area contributed by atoms with E-state index in [1.165, 1.54) is 30.0 Å². The van der Waals surface area contributed by atoms with Crippen molar-refractivity contribution in [2.45, 2.75) is 31.1 Å². The number of fused-ring (bicyclic) bond motifs is 1. The molecule has 0 heterocycles. The van der Waals surface area contributed by atoms with Crippen LogP contribution < -0.4 is 0 Å². The number of hydrogen-bond acceptors (Lipinski definition) is 0. The number of halogens is 3. The van der Waals surface area contributed by atoms with Crippen LogP contribution >= 0.6 is 23.2 Å². The maximum absolute atomic E-state index is 13.5. The Morgan fingerprint density at radius 2 is 1.75 bits per heavy atom. The molecule has 0 nitrogen and oxygen atoms in total. The highest BCUT2D eigenvalue weighted by Gasteiger charge is 2.18. The molecule has 1 atom stereocenters. The van der Waals surface area contributed by atoms with Crippen LogP contribution in [0, 0.1) is 5.82 Å². The van der Waals surface area contributed by atoms with Crippen LogP contribution in [0.2, 0.25) is 5.02 Å². The van der Waals surface area contributed by atoms with Crippen LogP contribution in [-0.2, 0) is 12.8 Å².